The lowest BCUT2D eigenvalue weighted by Crippen LogP contribution is -2.21. The molecule has 0 spiro atoms. The average molecular weight is 449 g/mol. The van der Waals surface area contributed by atoms with Crippen molar-refractivity contribution in [3.05, 3.63) is 95.7 Å². The molecule has 0 aliphatic rings. The minimum atomic E-state index is 0.720. The predicted octanol–water partition coefficient (Wildman–Crippen LogP) is 5.37. The number of likely N-dealkylation sites (N-methyl/N-ethyl adjacent to an activating group) is 1. The summed E-state index contributed by atoms with van der Waals surface area (Å²) < 4.78 is 0. The Bertz CT molecular complexity index is 1440. The van der Waals surface area contributed by atoms with Crippen LogP contribution < -0.4 is 0 Å². The largest absolute Gasteiger partial charge is 0.339 e. The normalized spacial score (nSPS) is 11.4. The Kier molecular flexibility index (Phi) is 6.14. The monoisotopic (exact) mass is 448 g/mol. The zero-order valence-electron chi connectivity index (χ0n) is 19.8. The number of aromatic nitrogens is 5. The van der Waals surface area contributed by atoms with Crippen LogP contribution in [-0.4, -0.2) is 43.4 Å². The van der Waals surface area contributed by atoms with E-state index in [0.29, 0.717) is 0 Å². The van der Waals surface area contributed by atoms with Crippen molar-refractivity contribution >= 4 is 11.0 Å². The van der Waals surface area contributed by atoms with E-state index in [2.05, 4.69) is 64.2 Å². The molecule has 0 radical (unpaired) electrons. The molecule has 0 amide bonds. The summed E-state index contributed by atoms with van der Waals surface area (Å²) in [5, 5.41) is 0. The van der Waals surface area contributed by atoms with E-state index in [0.717, 1.165) is 64.7 Å². The summed E-state index contributed by atoms with van der Waals surface area (Å²) in [5.41, 5.74) is 9.10. The Hall–Kier alpha value is -3.90. The number of pyridine rings is 1. The Balaban J connectivity index is 1.45. The fourth-order valence-corrected chi connectivity index (χ4v) is 4.22. The van der Waals surface area contributed by atoms with Crippen molar-refractivity contribution in [2.75, 3.05) is 13.6 Å². The zero-order chi connectivity index (χ0) is 23.5. The Morgan fingerprint density at radius 3 is 2.50 bits per heavy atom. The number of aryl methyl sites for hydroxylation is 2. The molecule has 0 aliphatic heterocycles. The van der Waals surface area contributed by atoms with E-state index in [4.69, 9.17) is 9.97 Å². The summed E-state index contributed by atoms with van der Waals surface area (Å²) in [6.45, 7) is 5.84. The number of rotatable bonds is 7. The fourth-order valence-electron chi connectivity index (χ4n) is 4.22. The molecule has 0 fully saturated rings. The van der Waals surface area contributed by atoms with Gasteiger partial charge in [0.25, 0.3) is 0 Å². The second kappa shape index (κ2) is 9.53. The van der Waals surface area contributed by atoms with Crippen LogP contribution in [0.25, 0.3) is 33.7 Å². The number of benzene rings is 2. The van der Waals surface area contributed by atoms with E-state index in [1.165, 1.54) is 11.1 Å². The van der Waals surface area contributed by atoms with Crippen LogP contribution in [0.1, 0.15) is 22.6 Å². The van der Waals surface area contributed by atoms with Crippen LogP contribution in [0.4, 0.5) is 0 Å². The number of fused-ring (bicyclic) bond motifs is 1. The molecule has 2 aromatic carbocycles. The maximum atomic E-state index is 5.02. The standard InChI is InChI=1S/C28H28N6/c1-19-7-4-5-9-21(19)13-16-34(3)18-26-32-27(28(33-26)24-10-6-8-20(2)31-24)22-11-12-23-25(17-22)30-15-14-29-23/h4-12,14-15,17H,13,16,18H2,1-3H3,(H,32,33). The van der Waals surface area contributed by atoms with Gasteiger partial charge >= 0.3 is 0 Å². The molecular formula is C28H28N6. The van der Waals surface area contributed by atoms with Gasteiger partial charge in [-0.3, -0.25) is 19.9 Å². The molecule has 0 unspecified atom stereocenters. The van der Waals surface area contributed by atoms with Gasteiger partial charge in [-0.05, 0) is 62.7 Å². The van der Waals surface area contributed by atoms with Gasteiger partial charge in [0.1, 0.15) is 5.82 Å². The van der Waals surface area contributed by atoms with Crippen LogP contribution >= 0.6 is 0 Å². The van der Waals surface area contributed by atoms with Crippen molar-refractivity contribution in [3.63, 3.8) is 0 Å². The number of hydrogen-bond acceptors (Lipinski definition) is 5. The summed E-state index contributed by atoms with van der Waals surface area (Å²) in [7, 11) is 2.14. The molecule has 6 nitrogen and oxygen atoms in total. The smallest absolute Gasteiger partial charge is 0.121 e. The molecule has 3 heterocycles. The lowest BCUT2D eigenvalue weighted by molar-refractivity contribution is 0.323. The number of hydrogen-bond donors (Lipinski definition) is 1. The van der Waals surface area contributed by atoms with Crippen LogP contribution in [-0.2, 0) is 13.0 Å². The second-order valence-electron chi connectivity index (χ2n) is 8.75. The molecule has 1 N–H and O–H groups in total. The molecular weight excluding hydrogens is 420 g/mol. The maximum absolute atomic E-state index is 5.02. The molecule has 6 heteroatoms. The molecule has 0 saturated carbocycles. The van der Waals surface area contributed by atoms with E-state index in [9.17, 15) is 0 Å². The van der Waals surface area contributed by atoms with Gasteiger partial charge in [-0.25, -0.2) is 4.98 Å². The van der Waals surface area contributed by atoms with Crippen molar-refractivity contribution in [1.82, 2.24) is 29.8 Å². The molecule has 3 aromatic heterocycles. The summed E-state index contributed by atoms with van der Waals surface area (Å²) in [4.78, 5) is 24.5. The zero-order valence-corrected chi connectivity index (χ0v) is 19.8. The van der Waals surface area contributed by atoms with Gasteiger partial charge in [-0.2, -0.15) is 0 Å². The molecule has 0 saturated heterocycles. The minimum Gasteiger partial charge on any atom is -0.339 e. The number of aromatic amines is 1. The first-order valence-corrected chi connectivity index (χ1v) is 11.5. The topological polar surface area (TPSA) is 70.6 Å². The van der Waals surface area contributed by atoms with E-state index < -0.39 is 0 Å². The highest BCUT2D eigenvalue weighted by atomic mass is 15.1. The first-order valence-electron chi connectivity index (χ1n) is 11.5. The van der Waals surface area contributed by atoms with E-state index in [-0.39, 0.29) is 0 Å². The Morgan fingerprint density at radius 2 is 1.68 bits per heavy atom. The van der Waals surface area contributed by atoms with Crippen molar-refractivity contribution < 1.29 is 0 Å². The molecule has 34 heavy (non-hydrogen) atoms. The molecule has 0 bridgehead atoms. The molecule has 0 atom stereocenters. The van der Waals surface area contributed by atoms with Crippen LogP contribution in [0.2, 0.25) is 0 Å². The van der Waals surface area contributed by atoms with Gasteiger partial charge in [0.15, 0.2) is 0 Å². The summed E-state index contributed by atoms with van der Waals surface area (Å²) in [6, 6.07) is 20.7. The van der Waals surface area contributed by atoms with Crippen molar-refractivity contribution in [3.8, 4) is 22.6 Å². The average Bonchev–Trinajstić information content (AvgIpc) is 3.27. The number of imidazole rings is 1. The third-order valence-electron chi connectivity index (χ3n) is 6.08. The molecule has 5 rings (SSSR count). The minimum absolute atomic E-state index is 0.720. The maximum Gasteiger partial charge on any atom is 0.121 e. The second-order valence-corrected chi connectivity index (χ2v) is 8.75. The quantitative estimate of drug-likeness (QED) is 0.362. The first kappa shape index (κ1) is 21.9. The lowest BCUT2D eigenvalue weighted by atomic mass is 10.1. The lowest BCUT2D eigenvalue weighted by Gasteiger charge is -2.15. The van der Waals surface area contributed by atoms with Crippen molar-refractivity contribution in [1.29, 1.82) is 0 Å². The summed E-state index contributed by atoms with van der Waals surface area (Å²) >= 11 is 0. The van der Waals surface area contributed by atoms with Gasteiger partial charge in [-0.1, -0.05) is 36.4 Å². The molecule has 5 aromatic rings. The highest BCUT2D eigenvalue weighted by Gasteiger charge is 2.17. The van der Waals surface area contributed by atoms with Crippen molar-refractivity contribution in [2.45, 2.75) is 26.8 Å². The highest BCUT2D eigenvalue weighted by Crippen LogP contribution is 2.31. The number of nitrogens with one attached hydrogen (secondary N) is 1. The van der Waals surface area contributed by atoms with E-state index >= 15 is 0 Å². The van der Waals surface area contributed by atoms with Gasteiger partial charge in [-0.15, -0.1) is 0 Å². The number of nitrogens with zero attached hydrogens (tertiary/aromatic N) is 5. The summed E-state index contributed by atoms with van der Waals surface area (Å²) in [5.74, 6) is 0.917. The van der Waals surface area contributed by atoms with Crippen LogP contribution in [0.5, 0.6) is 0 Å². The van der Waals surface area contributed by atoms with E-state index in [1.807, 2.05) is 37.3 Å². The van der Waals surface area contributed by atoms with Gasteiger partial charge < -0.3 is 4.98 Å². The number of H-pyrrole nitrogens is 1. The van der Waals surface area contributed by atoms with Crippen molar-refractivity contribution in [2.24, 2.45) is 0 Å². The predicted molar refractivity (Wildman–Crippen MR) is 136 cm³/mol. The highest BCUT2D eigenvalue weighted by molar-refractivity contribution is 5.84. The Morgan fingerprint density at radius 1 is 0.853 bits per heavy atom. The molecule has 0 aliphatic carbocycles. The van der Waals surface area contributed by atoms with Gasteiger partial charge in [0, 0.05) is 30.2 Å². The first-order chi connectivity index (χ1) is 16.6. The molecule has 170 valence electrons. The van der Waals surface area contributed by atoms with Crippen LogP contribution in [0.15, 0.2) is 73.1 Å². The van der Waals surface area contributed by atoms with Gasteiger partial charge in [0.2, 0.25) is 0 Å². The van der Waals surface area contributed by atoms with Gasteiger partial charge in [0.05, 0.1) is 34.7 Å². The van der Waals surface area contributed by atoms with Crippen LogP contribution in [0, 0.1) is 13.8 Å². The summed E-state index contributed by atoms with van der Waals surface area (Å²) in [6.07, 6.45) is 4.43. The SMILES string of the molecule is Cc1cccc(-c2[nH]c(CN(C)CCc3ccccc3C)nc2-c2ccc3nccnc3c2)n1. The van der Waals surface area contributed by atoms with Crippen LogP contribution in [0.3, 0.4) is 0 Å². The fraction of sp³-hybridized carbons (Fsp3) is 0.214. The van der Waals surface area contributed by atoms with E-state index in [1.54, 1.807) is 12.4 Å². The third kappa shape index (κ3) is 4.72. The third-order valence-corrected chi connectivity index (χ3v) is 6.08. The Labute approximate surface area is 199 Å².